The Morgan fingerprint density at radius 3 is 2.20 bits per heavy atom. The van der Waals surface area contributed by atoms with Crippen molar-refractivity contribution in [2.75, 3.05) is 62.9 Å². The lowest BCUT2D eigenvalue weighted by atomic mass is 10.1. The second-order valence-corrected chi connectivity index (χ2v) is 15.7. The van der Waals surface area contributed by atoms with Gasteiger partial charge >= 0.3 is 0 Å². The monoisotopic (exact) mass is 816 g/mol. The van der Waals surface area contributed by atoms with E-state index in [9.17, 15) is 19.2 Å². The lowest BCUT2D eigenvalue weighted by Crippen LogP contribution is -2.49. The van der Waals surface area contributed by atoms with Crippen molar-refractivity contribution in [2.45, 2.75) is 39.3 Å². The number of carbonyl (C=O) groups is 4. The van der Waals surface area contributed by atoms with E-state index in [1.165, 1.54) is 7.11 Å². The van der Waals surface area contributed by atoms with Gasteiger partial charge in [-0.15, -0.1) is 0 Å². The largest absolute Gasteiger partial charge is 0.493 e. The number of thioether (sulfide) groups is 1. The van der Waals surface area contributed by atoms with Gasteiger partial charge in [-0.3, -0.25) is 19.2 Å². The van der Waals surface area contributed by atoms with E-state index < -0.39 is 12.0 Å². The third-order valence-electron chi connectivity index (χ3n) is 10.6. The van der Waals surface area contributed by atoms with Crippen molar-refractivity contribution in [2.24, 2.45) is 5.92 Å². The average Bonchev–Trinajstić information content (AvgIpc) is 3.78. The number of nitrogens with zero attached hydrogens (tertiary/aromatic N) is 5. The first kappa shape index (κ1) is 41.0. The normalized spacial score (nSPS) is 15.8. The molecule has 0 bridgehead atoms. The maximum Gasteiger partial charge on any atom is 0.253 e. The number of carbonyl (C=O) groups excluding carboxylic acids is 4. The minimum Gasteiger partial charge on any atom is -0.493 e. The molecule has 13 nitrogen and oxygen atoms in total. The summed E-state index contributed by atoms with van der Waals surface area (Å²) < 4.78 is 17.1. The molecule has 306 valence electrons. The Kier molecular flexibility index (Phi) is 12.9. The van der Waals surface area contributed by atoms with E-state index in [4.69, 9.17) is 24.2 Å². The molecule has 0 spiro atoms. The molecule has 1 N–H and O–H groups in total. The number of piperazine rings is 1. The molecule has 2 atom stereocenters. The van der Waals surface area contributed by atoms with Gasteiger partial charge in [0, 0.05) is 67.0 Å². The fraction of sp³-hybridized carbons (Fsp3) is 0.333. The lowest BCUT2D eigenvalue weighted by molar-refractivity contribution is -0.139. The number of rotatable bonds is 13. The van der Waals surface area contributed by atoms with Crippen molar-refractivity contribution < 1.29 is 33.4 Å². The summed E-state index contributed by atoms with van der Waals surface area (Å²) in [5.41, 5.74) is 3.81. The SMILES string of the molecule is COc1cc2nc(N3CCN(C(=O)c4ccc(OCc5ccccc5)cc4)CC3)nc(NC(=O)[C@@H]3CCCN3C(=O)C(C)CSC(=O)c3ccc(C)cc3)c2cc1OC. The van der Waals surface area contributed by atoms with E-state index in [1.807, 2.05) is 66.4 Å². The summed E-state index contributed by atoms with van der Waals surface area (Å²) in [5.74, 6) is 1.46. The summed E-state index contributed by atoms with van der Waals surface area (Å²) in [6.45, 7) is 6.43. The molecule has 0 radical (unpaired) electrons. The number of benzene rings is 4. The van der Waals surface area contributed by atoms with Crippen LogP contribution in [0.5, 0.6) is 17.2 Å². The van der Waals surface area contributed by atoms with Crippen molar-refractivity contribution in [3.8, 4) is 17.2 Å². The zero-order valence-corrected chi connectivity index (χ0v) is 34.5. The Hall–Kier alpha value is -6.15. The van der Waals surface area contributed by atoms with E-state index >= 15 is 0 Å². The van der Waals surface area contributed by atoms with E-state index in [1.54, 1.807) is 60.2 Å². The number of ether oxygens (including phenoxy) is 3. The predicted molar refractivity (Wildman–Crippen MR) is 228 cm³/mol. The van der Waals surface area contributed by atoms with Gasteiger partial charge in [0.25, 0.3) is 5.91 Å². The number of hydrogen-bond donors (Lipinski definition) is 1. The predicted octanol–water partition coefficient (Wildman–Crippen LogP) is 6.64. The molecule has 2 aliphatic heterocycles. The minimum absolute atomic E-state index is 0.0788. The van der Waals surface area contributed by atoms with E-state index in [-0.39, 0.29) is 28.7 Å². The Morgan fingerprint density at radius 2 is 1.51 bits per heavy atom. The Labute approximate surface area is 348 Å². The number of aromatic nitrogens is 2. The number of aryl methyl sites for hydroxylation is 1. The smallest absolute Gasteiger partial charge is 0.253 e. The zero-order chi connectivity index (χ0) is 41.5. The molecule has 2 saturated heterocycles. The first-order valence-corrected chi connectivity index (χ1v) is 20.7. The van der Waals surface area contributed by atoms with Crippen LogP contribution in [-0.2, 0) is 16.2 Å². The highest BCUT2D eigenvalue weighted by Gasteiger charge is 2.37. The number of methoxy groups -OCH3 is 2. The molecule has 0 aliphatic carbocycles. The molecule has 3 heterocycles. The van der Waals surface area contributed by atoms with Crippen LogP contribution in [-0.4, -0.2) is 101 Å². The van der Waals surface area contributed by atoms with E-state index in [0.717, 1.165) is 22.9 Å². The van der Waals surface area contributed by atoms with Crippen molar-refractivity contribution in [1.82, 2.24) is 19.8 Å². The molecule has 2 aliphatic rings. The molecular weight excluding hydrogens is 769 g/mol. The van der Waals surface area contributed by atoms with Crippen LogP contribution in [0.2, 0.25) is 0 Å². The highest BCUT2D eigenvalue weighted by Crippen LogP contribution is 2.36. The van der Waals surface area contributed by atoms with Crippen LogP contribution in [0.1, 0.15) is 51.6 Å². The highest BCUT2D eigenvalue weighted by molar-refractivity contribution is 8.14. The minimum atomic E-state index is -0.713. The Morgan fingerprint density at radius 1 is 0.831 bits per heavy atom. The van der Waals surface area contributed by atoms with Crippen LogP contribution in [0.15, 0.2) is 91.0 Å². The zero-order valence-electron chi connectivity index (χ0n) is 33.7. The Bertz CT molecular complexity index is 2300. The summed E-state index contributed by atoms with van der Waals surface area (Å²) in [6, 6.07) is 27.2. The third kappa shape index (κ3) is 9.60. The number of likely N-dealkylation sites (tertiary alicyclic amines) is 1. The fourth-order valence-corrected chi connectivity index (χ4v) is 8.08. The topological polar surface area (TPSA) is 144 Å². The van der Waals surface area contributed by atoms with Gasteiger partial charge in [0.05, 0.1) is 19.7 Å². The first-order valence-electron chi connectivity index (χ1n) is 19.7. The molecule has 5 aromatic rings. The number of nitrogens with one attached hydrogen (secondary N) is 1. The van der Waals surface area contributed by atoms with Gasteiger partial charge in [-0.05, 0) is 55.7 Å². The molecule has 7 rings (SSSR count). The Balaban J connectivity index is 1.02. The molecule has 1 unspecified atom stereocenters. The second kappa shape index (κ2) is 18.6. The van der Waals surface area contributed by atoms with Gasteiger partial charge in [-0.2, -0.15) is 4.98 Å². The quantitative estimate of drug-likeness (QED) is 0.137. The van der Waals surface area contributed by atoms with Crippen molar-refractivity contribution in [1.29, 1.82) is 0 Å². The summed E-state index contributed by atoms with van der Waals surface area (Å²) in [6.07, 6.45) is 1.16. The van der Waals surface area contributed by atoms with Crippen LogP contribution in [0, 0.1) is 12.8 Å². The van der Waals surface area contributed by atoms with Gasteiger partial charge < -0.3 is 34.2 Å². The van der Waals surface area contributed by atoms with Gasteiger partial charge in [0.15, 0.2) is 11.5 Å². The molecule has 1 aromatic heterocycles. The van der Waals surface area contributed by atoms with Crippen LogP contribution < -0.4 is 24.4 Å². The average molecular weight is 817 g/mol. The molecule has 4 aromatic carbocycles. The number of fused-ring (bicyclic) bond motifs is 1. The van der Waals surface area contributed by atoms with Crippen molar-refractivity contribution in [3.63, 3.8) is 0 Å². The summed E-state index contributed by atoms with van der Waals surface area (Å²) in [7, 11) is 3.07. The summed E-state index contributed by atoms with van der Waals surface area (Å²) in [5, 5.41) is 3.47. The van der Waals surface area contributed by atoms with Crippen molar-refractivity contribution >= 4 is 57.3 Å². The number of amides is 3. The lowest BCUT2D eigenvalue weighted by Gasteiger charge is -2.35. The van der Waals surface area contributed by atoms with Gasteiger partial charge in [-0.1, -0.05) is 78.8 Å². The van der Waals surface area contributed by atoms with Crippen LogP contribution in [0.3, 0.4) is 0 Å². The van der Waals surface area contributed by atoms with Crippen LogP contribution in [0.4, 0.5) is 11.8 Å². The van der Waals surface area contributed by atoms with Gasteiger partial charge in [0.2, 0.25) is 22.9 Å². The van der Waals surface area contributed by atoms with Gasteiger partial charge in [-0.25, -0.2) is 4.98 Å². The second-order valence-electron chi connectivity index (χ2n) is 14.7. The third-order valence-corrected chi connectivity index (χ3v) is 11.8. The summed E-state index contributed by atoms with van der Waals surface area (Å²) in [4.78, 5) is 69.2. The van der Waals surface area contributed by atoms with Gasteiger partial charge in [0.1, 0.15) is 24.2 Å². The first-order chi connectivity index (χ1) is 28.6. The standard InChI is InChI=1S/C45H48N6O7S/c1-29-12-14-33(15-13-29)44(55)59-28-30(2)42(53)51-20-8-11-37(51)41(52)47-40-35-25-38(56-3)39(57-4)26-36(35)46-45(48-40)50-23-21-49(22-24-50)43(54)32-16-18-34(19-17-32)58-27-31-9-6-5-7-10-31/h5-7,9-10,12-19,25-26,30,37H,8,11,20-24,27-28H2,1-4H3,(H,46,47,48,52)/t30?,37-/m0/s1. The summed E-state index contributed by atoms with van der Waals surface area (Å²) >= 11 is 1.11. The van der Waals surface area contributed by atoms with E-state index in [2.05, 4.69) is 5.32 Å². The van der Waals surface area contributed by atoms with E-state index in [0.29, 0.717) is 103 Å². The maximum absolute atomic E-state index is 14.1. The molecule has 2 fully saturated rings. The van der Waals surface area contributed by atoms with Crippen LogP contribution >= 0.6 is 11.8 Å². The molecule has 14 heteroatoms. The van der Waals surface area contributed by atoms with Crippen molar-refractivity contribution in [3.05, 3.63) is 113 Å². The highest BCUT2D eigenvalue weighted by atomic mass is 32.2. The fourth-order valence-electron chi connectivity index (χ4n) is 7.24. The number of anilines is 2. The van der Waals surface area contributed by atoms with Crippen LogP contribution in [0.25, 0.3) is 10.9 Å². The maximum atomic E-state index is 14.1. The molecule has 0 saturated carbocycles. The number of hydrogen-bond acceptors (Lipinski definition) is 11. The molecule has 3 amide bonds. The molecule has 59 heavy (non-hydrogen) atoms. The molecular formula is C45H48N6O7S.